The molecule has 1 aliphatic heterocycles. The third kappa shape index (κ3) is 3.73. The molecule has 2 aromatic heterocycles. The van der Waals surface area contributed by atoms with Gasteiger partial charge in [-0.05, 0) is 49.6 Å². The first-order chi connectivity index (χ1) is 13.9. The van der Waals surface area contributed by atoms with E-state index in [2.05, 4.69) is 10.6 Å². The van der Waals surface area contributed by atoms with Gasteiger partial charge < -0.3 is 16.4 Å². The standard InChI is InChI=1S/C20H21N5O3S/c1-11-15-18(24-14-5-3-2-4-10-25(14)19(15)27)29-16(11)17(26)22-12-6-8-13(9-7-12)23-20(21)28/h6-9H,2-5,10H2,1H3,(H,22,26)(H3,21,23,28). The number of nitrogens with two attached hydrogens (primary N) is 1. The number of hydrogen-bond donors (Lipinski definition) is 3. The van der Waals surface area contributed by atoms with Crippen molar-refractivity contribution in [3.05, 3.63) is 50.9 Å². The molecule has 150 valence electrons. The molecule has 1 aliphatic rings. The summed E-state index contributed by atoms with van der Waals surface area (Å²) in [7, 11) is 0. The minimum atomic E-state index is -0.653. The van der Waals surface area contributed by atoms with Crippen LogP contribution in [-0.4, -0.2) is 21.5 Å². The molecule has 3 aromatic rings. The van der Waals surface area contributed by atoms with Gasteiger partial charge in [0.1, 0.15) is 10.7 Å². The summed E-state index contributed by atoms with van der Waals surface area (Å²) < 4.78 is 1.77. The number of carbonyl (C=O) groups excluding carboxylic acids is 2. The van der Waals surface area contributed by atoms with E-state index in [-0.39, 0.29) is 11.5 Å². The van der Waals surface area contributed by atoms with Gasteiger partial charge in [-0.25, -0.2) is 9.78 Å². The van der Waals surface area contributed by atoms with Crippen molar-refractivity contribution in [1.29, 1.82) is 0 Å². The summed E-state index contributed by atoms with van der Waals surface area (Å²) in [5.74, 6) is 0.520. The molecule has 4 N–H and O–H groups in total. The van der Waals surface area contributed by atoms with Crippen LogP contribution in [0.15, 0.2) is 29.1 Å². The summed E-state index contributed by atoms with van der Waals surface area (Å²) in [5, 5.41) is 5.83. The van der Waals surface area contributed by atoms with Crippen LogP contribution in [0.2, 0.25) is 0 Å². The van der Waals surface area contributed by atoms with Crippen LogP contribution >= 0.6 is 11.3 Å². The highest BCUT2D eigenvalue weighted by Gasteiger charge is 2.22. The van der Waals surface area contributed by atoms with Gasteiger partial charge >= 0.3 is 6.03 Å². The van der Waals surface area contributed by atoms with Gasteiger partial charge in [0, 0.05) is 24.3 Å². The van der Waals surface area contributed by atoms with E-state index in [9.17, 15) is 14.4 Å². The van der Waals surface area contributed by atoms with Crippen LogP contribution in [0.5, 0.6) is 0 Å². The summed E-state index contributed by atoms with van der Waals surface area (Å²) >= 11 is 1.25. The molecule has 0 unspecified atom stereocenters. The smallest absolute Gasteiger partial charge is 0.316 e. The SMILES string of the molecule is Cc1c(C(=O)Nc2ccc(NC(N)=O)cc2)sc2nc3n(c(=O)c12)CCCCC3. The fraction of sp³-hybridized carbons (Fsp3) is 0.300. The predicted octanol–water partition coefficient (Wildman–Crippen LogP) is 3.24. The van der Waals surface area contributed by atoms with Gasteiger partial charge in [0.2, 0.25) is 0 Å². The number of benzene rings is 1. The molecule has 3 heterocycles. The zero-order chi connectivity index (χ0) is 20.5. The molecule has 0 bridgehead atoms. The summed E-state index contributed by atoms with van der Waals surface area (Å²) in [5.41, 5.74) is 6.80. The van der Waals surface area contributed by atoms with Crippen LogP contribution in [0.4, 0.5) is 16.2 Å². The number of hydrogen-bond acceptors (Lipinski definition) is 5. The number of fused-ring (bicyclic) bond motifs is 2. The molecule has 4 rings (SSSR count). The van der Waals surface area contributed by atoms with E-state index < -0.39 is 6.03 Å². The van der Waals surface area contributed by atoms with E-state index >= 15 is 0 Å². The number of amides is 3. The molecule has 3 amide bonds. The van der Waals surface area contributed by atoms with Crippen molar-refractivity contribution < 1.29 is 9.59 Å². The van der Waals surface area contributed by atoms with Gasteiger partial charge in [0.25, 0.3) is 11.5 Å². The van der Waals surface area contributed by atoms with E-state index in [0.717, 1.165) is 31.5 Å². The van der Waals surface area contributed by atoms with Crippen molar-refractivity contribution >= 4 is 44.9 Å². The maximum atomic E-state index is 13.0. The number of rotatable bonds is 3. The van der Waals surface area contributed by atoms with Crippen molar-refractivity contribution in [2.45, 2.75) is 39.2 Å². The zero-order valence-electron chi connectivity index (χ0n) is 15.9. The number of aromatic nitrogens is 2. The van der Waals surface area contributed by atoms with Gasteiger partial charge in [0.15, 0.2) is 0 Å². The van der Waals surface area contributed by atoms with Gasteiger partial charge in [0.05, 0.1) is 10.3 Å². The highest BCUT2D eigenvalue weighted by molar-refractivity contribution is 7.20. The molecule has 0 radical (unpaired) electrons. The Labute approximate surface area is 170 Å². The predicted molar refractivity (Wildman–Crippen MR) is 114 cm³/mol. The summed E-state index contributed by atoms with van der Waals surface area (Å²) in [6.07, 6.45) is 3.87. The number of urea groups is 1. The molecule has 29 heavy (non-hydrogen) atoms. The van der Waals surface area contributed by atoms with E-state index in [0.29, 0.717) is 38.6 Å². The Morgan fingerprint density at radius 2 is 1.79 bits per heavy atom. The minimum Gasteiger partial charge on any atom is -0.351 e. The molecular weight excluding hydrogens is 390 g/mol. The second-order valence-electron chi connectivity index (χ2n) is 7.05. The van der Waals surface area contributed by atoms with Gasteiger partial charge in [-0.3, -0.25) is 14.2 Å². The molecule has 0 saturated heterocycles. The monoisotopic (exact) mass is 411 g/mol. The summed E-state index contributed by atoms with van der Waals surface area (Å²) in [6, 6.07) is 5.97. The van der Waals surface area contributed by atoms with Gasteiger partial charge in [-0.15, -0.1) is 11.3 Å². The lowest BCUT2D eigenvalue weighted by atomic mass is 10.2. The first kappa shape index (κ1) is 19.1. The fourth-order valence-electron chi connectivity index (χ4n) is 3.59. The van der Waals surface area contributed by atoms with Gasteiger partial charge in [-0.1, -0.05) is 6.42 Å². The first-order valence-corrected chi connectivity index (χ1v) is 10.3. The first-order valence-electron chi connectivity index (χ1n) is 9.44. The van der Waals surface area contributed by atoms with Gasteiger partial charge in [-0.2, -0.15) is 0 Å². The highest BCUT2D eigenvalue weighted by atomic mass is 32.1. The van der Waals surface area contributed by atoms with Crippen LogP contribution in [0.3, 0.4) is 0 Å². The number of anilines is 2. The quantitative estimate of drug-likeness (QED) is 0.613. The molecule has 0 saturated carbocycles. The lowest BCUT2D eigenvalue weighted by Gasteiger charge is -2.08. The van der Waals surface area contributed by atoms with Crippen molar-refractivity contribution in [3.63, 3.8) is 0 Å². The summed E-state index contributed by atoms with van der Waals surface area (Å²) in [4.78, 5) is 42.5. The lowest BCUT2D eigenvalue weighted by molar-refractivity contribution is 0.103. The van der Waals surface area contributed by atoms with Crippen LogP contribution in [0.1, 0.15) is 40.3 Å². The van der Waals surface area contributed by atoms with E-state index in [1.54, 1.807) is 35.8 Å². The Morgan fingerprint density at radius 3 is 2.48 bits per heavy atom. The number of thiophene rings is 1. The van der Waals surface area contributed by atoms with E-state index in [1.165, 1.54) is 11.3 Å². The Kier molecular flexibility index (Phi) is 5.06. The number of carbonyl (C=O) groups is 2. The van der Waals surface area contributed by atoms with E-state index in [1.807, 2.05) is 0 Å². The highest BCUT2D eigenvalue weighted by Crippen LogP contribution is 2.29. The average molecular weight is 411 g/mol. The maximum absolute atomic E-state index is 13.0. The Morgan fingerprint density at radius 1 is 1.10 bits per heavy atom. The molecule has 0 atom stereocenters. The normalized spacial score (nSPS) is 13.6. The number of aryl methyl sites for hydroxylation is 2. The minimum absolute atomic E-state index is 0.0541. The van der Waals surface area contributed by atoms with Crippen LogP contribution in [0, 0.1) is 6.92 Å². The van der Waals surface area contributed by atoms with Crippen molar-refractivity contribution in [1.82, 2.24) is 9.55 Å². The maximum Gasteiger partial charge on any atom is 0.316 e. The van der Waals surface area contributed by atoms with Crippen molar-refractivity contribution in [3.8, 4) is 0 Å². The molecule has 0 spiro atoms. The largest absolute Gasteiger partial charge is 0.351 e. The lowest BCUT2D eigenvalue weighted by Crippen LogP contribution is -2.24. The van der Waals surface area contributed by atoms with Crippen LogP contribution in [-0.2, 0) is 13.0 Å². The third-order valence-electron chi connectivity index (χ3n) is 5.03. The average Bonchev–Trinajstić information content (AvgIpc) is 2.85. The van der Waals surface area contributed by atoms with Crippen LogP contribution in [0.25, 0.3) is 10.2 Å². The Balaban J connectivity index is 1.64. The molecule has 9 heteroatoms. The summed E-state index contributed by atoms with van der Waals surface area (Å²) in [6.45, 7) is 2.47. The topological polar surface area (TPSA) is 119 Å². The zero-order valence-corrected chi connectivity index (χ0v) is 16.8. The Bertz CT molecular complexity index is 1160. The number of primary amides is 1. The molecule has 1 aromatic carbocycles. The van der Waals surface area contributed by atoms with Crippen LogP contribution < -0.4 is 21.9 Å². The second kappa shape index (κ2) is 7.67. The van der Waals surface area contributed by atoms with Crippen molar-refractivity contribution in [2.24, 2.45) is 5.73 Å². The molecule has 0 fully saturated rings. The second-order valence-corrected chi connectivity index (χ2v) is 8.05. The fourth-order valence-corrected chi connectivity index (χ4v) is 4.68. The molecule has 8 nitrogen and oxygen atoms in total. The number of nitrogens with one attached hydrogen (secondary N) is 2. The van der Waals surface area contributed by atoms with Crippen molar-refractivity contribution in [2.75, 3.05) is 10.6 Å². The third-order valence-corrected chi connectivity index (χ3v) is 6.21. The van der Waals surface area contributed by atoms with E-state index in [4.69, 9.17) is 10.7 Å². The number of nitrogens with zero attached hydrogens (tertiary/aromatic N) is 2. The molecule has 0 aliphatic carbocycles. The Hall–Kier alpha value is -3.20. The molecular formula is C20H21N5O3S.